The lowest BCUT2D eigenvalue weighted by Crippen LogP contribution is -2.55. The Morgan fingerprint density at radius 1 is 1.17 bits per heavy atom. The number of anilines is 1. The van der Waals surface area contributed by atoms with Crippen molar-refractivity contribution in [3.8, 4) is 0 Å². The molecule has 0 radical (unpaired) electrons. The summed E-state index contributed by atoms with van der Waals surface area (Å²) in [5, 5.41) is 3.51. The number of nitrogens with one attached hydrogen (secondary N) is 1. The van der Waals surface area contributed by atoms with Gasteiger partial charge in [0, 0.05) is 25.1 Å². The van der Waals surface area contributed by atoms with E-state index in [2.05, 4.69) is 10.3 Å². The molecule has 4 fully saturated rings. The van der Waals surface area contributed by atoms with E-state index in [1.165, 1.54) is 30.6 Å². The molecule has 0 spiro atoms. The van der Waals surface area contributed by atoms with Crippen molar-refractivity contribution in [2.24, 2.45) is 23.2 Å². The average molecular weight is 420 g/mol. The van der Waals surface area contributed by atoms with E-state index in [0.29, 0.717) is 36.0 Å². The Hall–Kier alpha value is -1.47. The van der Waals surface area contributed by atoms with E-state index >= 15 is 0 Å². The summed E-state index contributed by atoms with van der Waals surface area (Å²) in [5.74, 6) is 2.17. The zero-order valence-corrected chi connectivity index (χ0v) is 18.6. The number of thiazole rings is 1. The van der Waals surface area contributed by atoms with E-state index in [4.69, 9.17) is 4.74 Å². The second-order valence-corrected chi connectivity index (χ2v) is 10.7. The molecule has 4 bridgehead atoms. The van der Waals surface area contributed by atoms with Crippen LogP contribution in [0.5, 0.6) is 0 Å². The van der Waals surface area contributed by atoms with Crippen LogP contribution in [0.2, 0.25) is 0 Å². The lowest BCUT2D eigenvalue weighted by Gasteiger charge is -2.56. The highest BCUT2D eigenvalue weighted by atomic mass is 32.1. The third kappa shape index (κ3) is 4.36. The van der Waals surface area contributed by atoms with Gasteiger partial charge in [-0.2, -0.15) is 0 Å². The van der Waals surface area contributed by atoms with E-state index in [-0.39, 0.29) is 23.8 Å². The van der Waals surface area contributed by atoms with E-state index in [0.717, 1.165) is 36.3 Å². The number of hydrogen-bond acceptors (Lipinski definition) is 5. The SMILES string of the molecule is COCCCN(CC(=O)Nc1nc(C)c(C)s1)C(=O)C12CC3CC(CC(C3)C1)C2. The van der Waals surface area contributed by atoms with Crippen molar-refractivity contribution in [2.45, 2.75) is 58.8 Å². The molecule has 5 rings (SSSR count). The third-order valence-corrected chi connectivity index (χ3v) is 8.15. The maximum Gasteiger partial charge on any atom is 0.245 e. The van der Waals surface area contributed by atoms with Crippen LogP contribution < -0.4 is 5.32 Å². The van der Waals surface area contributed by atoms with Crippen molar-refractivity contribution in [1.82, 2.24) is 9.88 Å². The van der Waals surface area contributed by atoms with Crippen LogP contribution in [0, 0.1) is 37.0 Å². The molecule has 6 nitrogen and oxygen atoms in total. The second kappa shape index (κ2) is 8.34. The molecule has 1 N–H and O–H groups in total. The first-order chi connectivity index (χ1) is 13.9. The van der Waals surface area contributed by atoms with Crippen LogP contribution in [0.1, 0.15) is 55.5 Å². The fourth-order valence-corrected chi connectivity index (χ4v) is 7.05. The molecule has 0 atom stereocenters. The molecule has 1 heterocycles. The second-order valence-electron chi connectivity index (χ2n) is 9.48. The number of methoxy groups -OCH3 is 1. The Balaban J connectivity index is 1.46. The Morgan fingerprint density at radius 2 is 1.79 bits per heavy atom. The van der Waals surface area contributed by atoms with E-state index in [1.807, 2.05) is 13.8 Å². The molecule has 4 aliphatic carbocycles. The van der Waals surface area contributed by atoms with Crippen LogP contribution >= 0.6 is 11.3 Å². The average Bonchev–Trinajstić information content (AvgIpc) is 2.96. The number of aromatic nitrogens is 1. The number of amides is 2. The molecule has 29 heavy (non-hydrogen) atoms. The van der Waals surface area contributed by atoms with Crippen LogP contribution in [0.3, 0.4) is 0 Å². The topological polar surface area (TPSA) is 71.5 Å². The molecular weight excluding hydrogens is 386 g/mol. The number of rotatable bonds is 8. The van der Waals surface area contributed by atoms with E-state index in [9.17, 15) is 9.59 Å². The quantitative estimate of drug-likeness (QED) is 0.651. The summed E-state index contributed by atoms with van der Waals surface area (Å²) in [5.41, 5.74) is 0.711. The minimum Gasteiger partial charge on any atom is -0.385 e. The molecule has 160 valence electrons. The maximum absolute atomic E-state index is 13.7. The summed E-state index contributed by atoms with van der Waals surface area (Å²) in [4.78, 5) is 33.8. The number of hydrogen-bond donors (Lipinski definition) is 1. The molecule has 0 aromatic carbocycles. The van der Waals surface area contributed by atoms with Gasteiger partial charge in [-0.1, -0.05) is 0 Å². The lowest BCUT2D eigenvalue weighted by atomic mass is 9.49. The third-order valence-electron chi connectivity index (χ3n) is 7.16. The van der Waals surface area contributed by atoms with Crippen LogP contribution in [-0.2, 0) is 14.3 Å². The van der Waals surface area contributed by atoms with Gasteiger partial charge in [-0.05, 0) is 76.5 Å². The maximum atomic E-state index is 13.7. The fraction of sp³-hybridized carbons (Fsp3) is 0.773. The van der Waals surface area contributed by atoms with Crippen molar-refractivity contribution in [2.75, 3.05) is 32.1 Å². The zero-order chi connectivity index (χ0) is 20.6. The molecule has 0 unspecified atom stereocenters. The molecule has 1 aromatic heterocycles. The Morgan fingerprint density at radius 3 is 2.31 bits per heavy atom. The predicted molar refractivity (Wildman–Crippen MR) is 114 cm³/mol. The predicted octanol–water partition coefficient (Wildman–Crippen LogP) is 3.78. The Bertz CT molecular complexity index is 721. The monoisotopic (exact) mass is 419 g/mol. The van der Waals surface area contributed by atoms with Gasteiger partial charge < -0.3 is 15.0 Å². The molecule has 0 saturated heterocycles. The van der Waals surface area contributed by atoms with Gasteiger partial charge in [0.2, 0.25) is 11.8 Å². The summed E-state index contributed by atoms with van der Waals surface area (Å²) in [6.45, 7) is 5.20. The molecule has 0 aliphatic heterocycles. The van der Waals surface area contributed by atoms with Gasteiger partial charge >= 0.3 is 0 Å². The van der Waals surface area contributed by atoms with Gasteiger partial charge in [0.15, 0.2) is 5.13 Å². The van der Waals surface area contributed by atoms with Gasteiger partial charge in [-0.15, -0.1) is 11.3 Å². The first-order valence-corrected chi connectivity index (χ1v) is 11.7. The number of carbonyl (C=O) groups excluding carboxylic acids is 2. The number of carbonyl (C=O) groups is 2. The largest absolute Gasteiger partial charge is 0.385 e. The minimum atomic E-state index is -0.226. The Kier molecular flexibility index (Phi) is 5.98. The highest BCUT2D eigenvalue weighted by Crippen LogP contribution is 2.60. The van der Waals surface area contributed by atoms with Crippen molar-refractivity contribution in [1.29, 1.82) is 0 Å². The van der Waals surface area contributed by atoms with Crippen molar-refractivity contribution < 1.29 is 14.3 Å². The van der Waals surface area contributed by atoms with Gasteiger partial charge in [0.1, 0.15) is 0 Å². The van der Waals surface area contributed by atoms with Crippen molar-refractivity contribution >= 4 is 28.3 Å². The van der Waals surface area contributed by atoms with Crippen LogP contribution in [0.4, 0.5) is 5.13 Å². The molecule has 4 saturated carbocycles. The minimum absolute atomic E-state index is 0.0992. The Labute approximate surface area is 177 Å². The highest BCUT2D eigenvalue weighted by Gasteiger charge is 2.55. The molecule has 1 aromatic rings. The van der Waals surface area contributed by atoms with Gasteiger partial charge in [0.05, 0.1) is 17.7 Å². The van der Waals surface area contributed by atoms with Gasteiger partial charge in [0.25, 0.3) is 0 Å². The first kappa shape index (κ1) is 20.8. The smallest absolute Gasteiger partial charge is 0.245 e. The van der Waals surface area contributed by atoms with Crippen LogP contribution in [0.25, 0.3) is 0 Å². The number of ether oxygens (including phenoxy) is 1. The van der Waals surface area contributed by atoms with Gasteiger partial charge in [-0.25, -0.2) is 4.98 Å². The molecular formula is C22H33N3O3S. The van der Waals surface area contributed by atoms with E-state index < -0.39 is 0 Å². The summed E-state index contributed by atoms with van der Waals surface area (Å²) in [6.07, 6.45) is 7.72. The fourth-order valence-electron chi connectivity index (χ4n) is 6.22. The van der Waals surface area contributed by atoms with Crippen LogP contribution in [0.15, 0.2) is 0 Å². The summed E-state index contributed by atoms with van der Waals surface area (Å²) < 4.78 is 5.19. The first-order valence-electron chi connectivity index (χ1n) is 10.9. The standard InChI is InChI=1S/C22H33N3O3S/c1-14-15(2)29-21(23-14)24-19(26)13-25(5-4-6-28-3)20(27)22-10-16-7-17(11-22)9-18(8-16)12-22/h16-18H,4-13H2,1-3H3,(H,23,24,26). The van der Waals surface area contributed by atoms with Crippen molar-refractivity contribution in [3.05, 3.63) is 10.6 Å². The normalized spacial score (nSPS) is 29.8. The molecule has 2 amide bonds. The summed E-state index contributed by atoms with van der Waals surface area (Å²) in [7, 11) is 1.67. The summed E-state index contributed by atoms with van der Waals surface area (Å²) in [6, 6.07) is 0. The summed E-state index contributed by atoms with van der Waals surface area (Å²) >= 11 is 1.48. The highest BCUT2D eigenvalue weighted by molar-refractivity contribution is 7.15. The van der Waals surface area contributed by atoms with Gasteiger partial charge in [-0.3, -0.25) is 9.59 Å². The van der Waals surface area contributed by atoms with E-state index in [1.54, 1.807) is 12.0 Å². The van der Waals surface area contributed by atoms with Crippen molar-refractivity contribution in [3.63, 3.8) is 0 Å². The van der Waals surface area contributed by atoms with Crippen LogP contribution in [-0.4, -0.2) is 48.5 Å². The molecule has 4 aliphatic rings. The number of nitrogens with zero attached hydrogens (tertiary/aromatic N) is 2. The number of aryl methyl sites for hydroxylation is 2. The molecule has 7 heteroatoms. The zero-order valence-electron chi connectivity index (χ0n) is 17.8. The lowest BCUT2D eigenvalue weighted by molar-refractivity contribution is -0.159.